The van der Waals surface area contributed by atoms with E-state index in [1.54, 1.807) is 20.8 Å². The Morgan fingerprint density at radius 1 is 1.31 bits per heavy atom. The fourth-order valence-electron chi connectivity index (χ4n) is 1.33. The van der Waals surface area contributed by atoms with Gasteiger partial charge in [-0.2, -0.15) is 0 Å². The van der Waals surface area contributed by atoms with Crippen LogP contribution in [0.25, 0.3) is 0 Å². The van der Waals surface area contributed by atoms with Crippen LogP contribution in [0.1, 0.15) is 20.8 Å². The average molecular weight is 229 g/mol. The Kier molecular flexibility index (Phi) is 4.26. The van der Waals surface area contributed by atoms with Gasteiger partial charge in [-0.25, -0.2) is 4.79 Å². The highest BCUT2D eigenvalue weighted by molar-refractivity contribution is 5.95. The molecule has 2 amide bonds. The van der Waals surface area contributed by atoms with E-state index in [9.17, 15) is 9.59 Å². The molecule has 0 aromatic rings. The zero-order valence-corrected chi connectivity index (χ0v) is 9.92. The van der Waals surface area contributed by atoms with Crippen molar-refractivity contribution in [3.8, 4) is 0 Å². The van der Waals surface area contributed by atoms with Gasteiger partial charge >= 0.3 is 6.09 Å². The summed E-state index contributed by atoms with van der Waals surface area (Å²) in [4.78, 5) is 22.9. The van der Waals surface area contributed by atoms with Gasteiger partial charge in [0, 0.05) is 19.6 Å². The Morgan fingerprint density at radius 3 is 2.50 bits per heavy atom. The molecule has 3 N–H and O–H groups in total. The highest BCUT2D eigenvalue weighted by atomic mass is 16.6. The van der Waals surface area contributed by atoms with Gasteiger partial charge < -0.3 is 15.4 Å². The van der Waals surface area contributed by atoms with Gasteiger partial charge in [-0.15, -0.1) is 0 Å². The molecular weight excluding hydrogens is 210 g/mol. The minimum atomic E-state index is -0.704. The van der Waals surface area contributed by atoms with Crippen LogP contribution in [0, 0.1) is 0 Å². The second-order valence-electron chi connectivity index (χ2n) is 4.70. The molecule has 16 heavy (non-hydrogen) atoms. The molecule has 6 heteroatoms. The molecule has 0 bridgehead atoms. The molecule has 1 aliphatic rings. The van der Waals surface area contributed by atoms with Crippen molar-refractivity contribution in [1.82, 2.24) is 16.0 Å². The third kappa shape index (κ3) is 4.59. The number of imide groups is 1. The quantitative estimate of drug-likeness (QED) is 0.570. The van der Waals surface area contributed by atoms with Crippen molar-refractivity contribution in [2.75, 3.05) is 19.6 Å². The van der Waals surface area contributed by atoms with E-state index in [0.29, 0.717) is 13.1 Å². The summed E-state index contributed by atoms with van der Waals surface area (Å²) in [6.07, 6.45) is -0.704. The topological polar surface area (TPSA) is 79.5 Å². The fourth-order valence-corrected chi connectivity index (χ4v) is 1.33. The predicted octanol–water partition coefficient (Wildman–Crippen LogP) is -0.401. The third-order valence-electron chi connectivity index (χ3n) is 1.98. The second kappa shape index (κ2) is 5.27. The number of hydrogen-bond acceptors (Lipinski definition) is 5. The molecule has 0 unspecified atom stereocenters. The zero-order chi connectivity index (χ0) is 12.2. The van der Waals surface area contributed by atoms with Crippen LogP contribution in [-0.4, -0.2) is 43.3 Å². The van der Waals surface area contributed by atoms with E-state index in [2.05, 4.69) is 16.0 Å². The van der Waals surface area contributed by atoms with Crippen molar-refractivity contribution in [3.63, 3.8) is 0 Å². The van der Waals surface area contributed by atoms with Crippen molar-refractivity contribution in [3.05, 3.63) is 0 Å². The van der Waals surface area contributed by atoms with Crippen molar-refractivity contribution in [2.45, 2.75) is 32.4 Å². The molecule has 92 valence electrons. The van der Waals surface area contributed by atoms with E-state index in [1.807, 2.05) is 0 Å². The summed E-state index contributed by atoms with van der Waals surface area (Å²) in [5.41, 5.74) is -0.595. The molecule has 1 rings (SSSR count). The van der Waals surface area contributed by atoms with Gasteiger partial charge in [0.25, 0.3) is 0 Å². The Balaban J connectivity index is 2.35. The number of carbonyl (C=O) groups excluding carboxylic acids is 2. The van der Waals surface area contributed by atoms with Crippen molar-refractivity contribution in [2.24, 2.45) is 0 Å². The standard InChI is InChI=1S/C10H19N3O3/c1-10(2,3)16-9(15)13-8(14)7-6-11-4-5-12-7/h7,11-12H,4-6H2,1-3H3,(H,13,14,15)/t7-/m1/s1. The van der Waals surface area contributed by atoms with Crippen LogP contribution in [-0.2, 0) is 9.53 Å². The molecule has 0 spiro atoms. The van der Waals surface area contributed by atoms with Crippen LogP contribution < -0.4 is 16.0 Å². The maximum Gasteiger partial charge on any atom is 0.414 e. The minimum absolute atomic E-state index is 0.360. The molecule has 1 heterocycles. The van der Waals surface area contributed by atoms with Gasteiger partial charge in [0.1, 0.15) is 5.60 Å². The normalized spacial score (nSPS) is 21.3. The van der Waals surface area contributed by atoms with E-state index < -0.39 is 11.7 Å². The summed E-state index contributed by atoms with van der Waals surface area (Å²) in [5, 5.41) is 8.27. The summed E-state index contributed by atoms with van der Waals surface area (Å²) in [6.45, 7) is 7.31. The summed E-state index contributed by atoms with van der Waals surface area (Å²) < 4.78 is 4.98. The van der Waals surface area contributed by atoms with Gasteiger partial charge in [-0.3, -0.25) is 10.1 Å². The predicted molar refractivity (Wildman–Crippen MR) is 59.0 cm³/mol. The van der Waals surface area contributed by atoms with E-state index >= 15 is 0 Å². The lowest BCUT2D eigenvalue weighted by Gasteiger charge is -2.24. The number of piperazine rings is 1. The van der Waals surface area contributed by atoms with Gasteiger partial charge in [0.2, 0.25) is 5.91 Å². The molecular formula is C10H19N3O3. The average Bonchev–Trinajstić information content (AvgIpc) is 2.16. The van der Waals surface area contributed by atoms with Crippen LogP contribution in [0.3, 0.4) is 0 Å². The SMILES string of the molecule is CC(C)(C)OC(=O)NC(=O)[C@H]1CNCCN1. The van der Waals surface area contributed by atoms with Crippen molar-refractivity contribution >= 4 is 12.0 Å². The Morgan fingerprint density at radius 2 is 2.00 bits per heavy atom. The van der Waals surface area contributed by atoms with E-state index in [1.165, 1.54) is 0 Å². The van der Waals surface area contributed by atoms with Gasteiger partial charge in [-0.05, 0) is 20.8 Å². The van der Waals surface area contributed by atoms with Gasteiger partial charge in [0.15, 0.2) is 0 Å². The lowest BCUT2D eigenvalue weighted by molar-refractivity contribution is -0.122. The first-order valence-corrected chi connectivity index (χ1v) is 5.36. The molecule has 0 aliphatic carbocycles. The fraction of sp³-hybridized carbons (Fsp3) is 0.800. The number of amides is 2. The minimum Gasteiger partial charge on any atom is -0.444 e. The van der Waals surface area contributed by atoms with Gasteiger partial charge in [-0.1, -0.05) is 0 Å². The van der Waals surface area contributed by atoms with Crippen LogP contribution >= 0.6 is 0 Å². The van der Waals surface area contributed by atoms with E-state index in [-0.39, 0.29) is 11.9 Å². The second-order valence-corrected chi connectivity index (χ2v) is 4.70. The monoisotopic (exact) mass is 229 g/mol. The van der Waals surface area contributed by atoms with E-state index in [4.69, 9.17) is 4.74 Å². The van der Waals surface area contributed by atoms with Crippen LogP contribution in [0.15, 0.2) is 0 Å². The van der Waals surface area contributed by atoms with Crippen LogP contribution in [0.2, 0.25) is 0 Å². The lowest BCUT2D eigenvalue weighted by Crippen LogP contribution is -2.56. The van der Waals surface area contributed by atoms with E-state index in [0.717, 1.165) is 6.54 Å². The highest BCUT2D eigenvalue weighted by Crippen LogP contribution is 2.06. The smallest absolute Gasteiger partial charge is 0.414 e. The summed E-state index contributed by atoms with van der Waals surface area (Å²) in [5.74, 6) is -0.360. The van der Waals surface area contributed by atoms with Crippen LogP contribution in [0.4, 0.5) is 4.79 Å². The molecule has 0 aromatic carbocycles. The van der Waals surface area contributed by atoms with Crippen molar-refractivity contribution < 1.29 is 14.3 Å². The number of hydrogen-bond donors (Lipinski definition) is 3. The Hall–Kier alpha value is -1.14. The molecule has 1 saturated heterocycles. The molecule has 0 aromatic heterocycles. The molecule has 0 radical (unpaired) electrons. The lowest BCUT2D eigenvalue weighted by atomic mass is 10.2. The third-order valence-corrected chi connectivity index (χ3v) is 1.98. The largest absolute Gasteiger partial charge is 0.444 e. The zero-order valence-electron chi connectivity index (χ0n) is 9.92. The summed E-state index contributed by atoms with van der Waals surface area (Å²) >= 11 is 0. The molecule has 1 fully saturated rings. The Labute approximate surface area is 95.1 Å². The molecule has 6 nitrogen and oxygen atoms in total. The van der Waals surface area contributed by atoms with Crippen molar-refractivity contribution in [1.29, 1.82) is 0 Å². The Bertz CT molecular complexity index is 267. The maximum atomic E-state index is 11.6. The highest BCUT2D eigenvalue weighted by Gasteiger charge is 2.24. The summed E-state index contributed by atoms with van der Waals surface area (Å²) in [7, 11) is 0. The number of rotatable bonds is 1. The summed E-state index contributed by atoms with van der Waals surface area (Å²) in [6, 6.07) is -0.374. The van der Waals surface area contributed by atoms with Crippen LogP contribution in [0.5, 0.6) is 0 Å². The maximum absolute atomic E-state index is 11.6. The first-order chi connectivity index (χ1) is 7.38. The molecule has 1 atom stereocenters. The number of nitrogens with one attached hydrogen (secondary N) is 3. The number of alkyl carbamates (subject to hydrolysis) is 1. The first kappa shape index (κ1) is 12.9. The number of carbonyl (C=O) groups is 2. The molecule has 1 aliphatic heterocycles. The number of ether oxygens (including phenoxy) is 1. The first-order valence-electron chi connectivity index (χ1n) is 5.36. The molecule has 0 saturated carbocycles. The van der Waals surface area contributed by atoms with Gasteiger partial charge in [0.05, 0.1) is 6.04 Å².